The quantitative estimate of drug-likeness (QED) is 0.802. The number of carbonyl (C=O) groups excluding carboxylic acids is 1. The molecule has 142 valence electrons. The maximum atomic E-state index is 13.2. The second-order valence-corrected chi connectivity index (χ2v) is 6.52. The highest BCUT2D eigenvalue weighted by atomic mass is 35.5. The first-order valence-electron chi connectivity index (χ1n) is 8.44. The molecule has 2 rings (SSSR count). The maximum Gasteiger partial charge on any atom is 0.416 e. The van der Waals surface area contributed by atoms with E-state index in [1.54, 1.807) is 18.0 Å². The topological polar surface area (TPSA) is 32.3 Å². The number of nitrogens with one attached hydrogen (secondary N) is 1. The minimum atomic E-state index is -4.41. The molecule has 1 aromatic carbocycles. The van der Waals surface area contributed by atoms with Crippen molar-refractivity contribution < 1.29 is 18.0 Å². The number of carbonyl (C=O) groups is 1. The summed E-state index contributed by atoms with van der Waals surface area (Å²) in [5.74, 6) is -0.332. The lowest BCUT2D eigenvalue weighted by atomic mass is 10.0. The van der Waals surface area contributed by atoms with Crippen molar-refractivity contribution in [2.75, 3.05) is 13.6 Å². The van der Waals surface area contributed by atoms with Crippen LogP contribution in [-0.2, 0) is 17.5 Å². The average Bonchev–Trinajstić information content (AvgIpc) is 3.05. The van der Waals surface area contributed by atoms with E-state index in [0.29, 0.717) is 6.54 Å². The molecule has 0 bridgehead atoms. The SMILES string of the molecule is CNCC(C)C(=O)N(Cc1ccccc1C(F)(F)F)C1CCCC1.Cl. The summed E-state index contributed by atoms with van der Waals surface area (Å²) in [6, 6.07) is 5.58. The van der Waals surface area contributed by atoms with Gasteiger partial charge < -0.3 is 10.2 Å². The van der Waals surface area contributed by atoms with E-state index in [4.69, 9.17) is 0 Å². The van der Waals surface area contributed by atoms with Crippen LogP contribution in [0.5, 0.6) is 0 Å². The normalized spacial score (nSPS) is 16.4. The van der Waals surface area contributed by atoms with Crippen molar-refractivity contribution in [2.24, 2.45) is 5.92 Å². The van der Waals surface area contributed by atoms with E-state index in [0.717, 1.165) is 31.7 Å². The van der Waals surface area contributed by atoms with Gasteiger partial charge in [0.2, 0.25) is 5.91 Å². The Morgan fingerprint density at radius 1 is 1.28 bits per heavy atom. The van der Waals surface area contributed by atoms with Crippen molar-refractivity contribution in [3.05, 3.63) is 35.4 Å². The summed E-state index contributed by atoms with van der Waals surface area (Å²) in [5.41, 5.74) is -0.482. The highest BCUT2D eigenvalue weighted by Gasteiger charge is 2.35. The first kappa shape index (κ1) is 21.8. The minimum absolute atomic E-state index is 0. The number of rotatable bonds is 6. The van der Waals surface area contributed by atoms with Crippen molar-refractivity contribution in [3.8, 4) is 0 Å². The third-order valence-corrected chi connectivity index (χ3v) is 4.64. The summed E-state index contributed by atoms with van der Waals surface area (Å²) in [4.78, 5) is 14.5. The highest BCUT2D eigenvalue weighted by molar-refractivity contribution is 5.85. The Morgan fingerprint density at radius 3 is 2.44 bits per heavy atom. The van der Waals surface area contributed by atoms with Crippen molar-refractivity contribution in [2.45, 2.75) is 51.4 Å². The first-order chi connectivity index (χ1) is 11.3. The molecule has 1 atom stereocenters. The zero-order chi connectivity index (χ0) is 17.7. The second-order valence-electron chi connectivity index (χ2n) is 6.52. The molecule has 0 saturated heterocycles. The van der Waals surface area contributed by atoms with Gasteiger partial charge in [0.05, 0.1) is 5.56 Å². The van der Waals surface area contributed by atoms with Gasteiger partial charge in [0.25, 0.3) is 0 Å². The zero-order valence-electron chi connectivity index (χ0n) is 14.6. The van der Waals surface area contributed by atoms with Crippen LogP contribution in [0.15, 0.2) is 24.3 Å². The summed E-state index contributed by atoms with van der Waals surface area (Å²) in [7, 11) is 1.77. The van der Waals surface area contributed by atoms with Crippen LogP contribution in [0.2, 0.25) is 0 Å². The van der Waals surface area contributed by atoms with Gasteiger partial charge in [-0.05, 0) is 31.5 Å². The maximum absolute atomic E-state index is 13.2. The molecule has 1 fully saturated rings. The van der Waals surface area contributed by atoms with Crippen LogP contribution >= 0.6 is 12.4 Å². The third kappa shape index (κ3) is 5.61. The number of halogens is 4. The highest BCUT2D eigenvalue weighted by Crippen LogP contribution is 2.34. The molecule has 1 saturated carbocycles. The molecular weight excluding hydrogens is 353 g/mol. The molecule has 0 aromatic heterocycles. The van der Waals surface area contributed by atoms with Crippen LogP contribution in [0.1, 0.15) is 43.7 Å². The monoisotopic (exact) mass is 378 g/mol. The Hall–Kier alpha value is -1.27. The fourth-order valence-corrected chi connectivity index (χ4v) is 3.40. The number of hydrogen-bond acceptors (Lipinski definition) is 2. The van der Waals surface area contributed by atoms with E-state index in [9.17, 15) is 18.0 Å². The van der Waals surface area contributed by atoms with Gasteiger partial charge in [-0.15, -0.1) is 12.4 Å². The van der Waals surface area contributed by atoms with Gasteiger partial charge in [-0.2, -0.15) is 13.2 Å². The predicted molar refractivity (Wildman–Crippen MR) is 94.6 cm³/mol. The van der Waals surface area contributed by atoms with E-state index in [-0.39, 0.29) is 42.4 Å². The molecule has 0 spiro atoms. The summed E-state index contributed by atoms with van der Waals surface area (Å²) < 4.78 is 39.7. The van der Waals surface area contributed by atoms with Crippen molar-refractivity contribution in [1.82, 2.24) is 10.2 Å². The molecule has 0 heterocycles. The van der Waals surface area contributed by atoms with Gasteiger partial charge >= 0.3 is 6.18 Å². The Bertz CT molecular complexity index is 559. The van der Waals surface area contributed by atoms with Crippen molar-refractivity contribution >= 4 is 18.3 Å². The fraction of sp³-hybridized carbons (Fsp3) is 0.611. The van der Waals surface area contributed by atoms with E-state index >= 15 is 0 Å². The number of amides is 1. The molecule has 0 aliphatic heterocycles. The third-order valence-electron chi connectivity index (χ3n) is 4.64. The van der Waals surface area contributed by atoms with Gasteiger partial charge in [-0.1, -0.05) is 38.0 Å². The molecule has 1 aliphatic rings. The van der Waals surface area contributed by atoms with Gasteiger partial charge in [-0.3, -0.25) is 4.79 Å². The number of hydrogen-bond donors (Lipinski definition) is 1. The molecule has 25 heavy (non-hydrogen) atoms. The molecule has 1 aliphatic carbocycles. The number of nitrogens with zero attached hydrogens (tertiary/aromatic N) is 1. The van der Waals surface area contributed by atoms with Crippen LogP contribution in [-0.4, -0.2) is 30.4 Å². The molecule has 1 unspecified atom stereocenters. The Balaban J connectivity index is 0.00000312. The van der Waals surface area contributed by atoms with Gasteiger partial charge in [-0.25, -0.2) is 0 Å². The van der Waals surface area contributed by atoms with Crippen LogP contribution in [0.4, 0.5) is 13.2 Å². The average molecular weight is 379 g/mol. The van der Waals surface area contributed by atoms with Crippen molar-refractivity contribution in [3.63, 3.8) is 0 Å². The second kappa shape index (κ2) is 9.43. The van der Waals surface area contributed by atoms with Gasteiger partial charge in [0, 0.05) is 25.0 Å². The number of benzene rings is 1. The summed E-state index contributed by atoms with van der Waals surface area (Å²) in [6.45, 7) is 2.35. The predicted octanol–water partition coefficient (Wildman–Crippen LogP) is 4.25. The number of alkyl halides is 3. The van der Waals surface area contributed by atoms with E-state index < -0.39 is 11.7 Å². The fourth-order valence-electron chi connectivity index (χ4n) is 3.40. The molecule has 0 radical (unpaired) electrons. The van der Waals surface area contributed by atoms with Crippen LogP contribution in [0, 0.1) is 5.92 Å². The molecule has 1 amide bonds. The van der Waals surface area contributed by atoms with E-state index in [1.807, 2.05) is 6.92 Å². The zero-order valence-corrected chi connectivity index (χ0v) is 15.4. The lowest BCUT2D eigenvalue weighted by Crippen LogP contribution is -2.43. The Kier molecular flexibility index (Phi) is 8.22. The van der Waals surface area contributed by atoms with Gasteiger partial charge in [0.1, 0.15) is 0 Å². The van der Waals surface area contributed by atoms with Gasteiger partial charge in [0.15, 0.2) is 0 Å². The standard InChI is InChI=1S/C18H25F3N2O.ClH/c1-13(11-22-2)17(24)23(15-8-4-5-9-15)12-14-7-3-6-10-16(14)18(19,20)21;/h3,6-7,10,13,15,22H,4-5,8-9,11-12H2,1-2H3;1H. The Labute approximate surface area is 153 Å². The molecule has 7 heteroatoms. The van der Waals surface area contributed by atoms with E-state index in [1.165, 1.54) is 12.1 Å². The smallest absolute Gasteiger partial charge is 0.335 e. The molecule has 1 aromatic rings. The summed E-state index contributed by atoms with van der Waals surface area (Å²) in [5, 5.41) is 2.97. The summed E-state index contributed by atoms with van der Waals surface area (Å²) in [6.07, 6.45) is -0.623. The minimum Gasteiger partial charge on any atom is -0.335 e. The molecule has 1 N–H and O–H groups in total. The molecule has 3 nitrogen and oxygen atoms in total. The van der Waals surface area contributed by atoms with E-state index in [2.05, 4.69) is 5.32 Å². The first-order valence-corrected chi connectivity index (χ1v) is 8.44. The summed E-state index contributed by atoms with van der Waals surface area (Å²) >= 11 is 0. The van der Waals surface area contributed by atoms with Crippen molar-refractivity contribution in [1.29, 1.82) is 0 Å². The van der Waals surface area contributed by atoms with Crippen LogP contribution in [0.3, 0.4) is 0 Å². The largest absolute Gasteiger partial charge is 0.416 e. The Morgan fingerprint density at radius 2 is 1.88 bits per heavy atom. The van der Waals surface area contributed by atoms with Crippen LogP contribution in [0.25, 0.3) is 0 Å². The van der Waals surface area contributed by atoms with Crippen LogP contribution < -0.4 is 5.32 Å². The molecular formula is C18H26ClF3N2O. The lowest BCUT2D eigenvalue weighted by Gasteiger charge is -2.32. The lowest BCUT2D eigenvalue weighted by molar-refractivity contribution is -0.142.